The molecule has 4 heteroatoms. The highest BCUT2D eigenvalue weighted by Gasteiger charge is 2.43. The standard InChI is InChI=1S/C17H20N2O2/c1-3-5-11-15-16(20)19(17(21)18(15)12-4-2)13-14-9-7-6-8-10-14/h3-4,6-10,15H,1-2,5,11-13H2. The van der Waals surface area contributed by atoms with Crippen molar-refractivity contribution in [3.05, 3.63) is 61.2 Å². The van der Waals surface area contributed by atoms with E-state index in [1.807, 2.05) is 30.3 Å². The predicted octanol–water partition coefficient (Wildman–Crippen LogP) is 2.97. The van der Waals surface area contributed by atoms with Gasteiger partial charge in [-0.1, -0.05) is 42.5 Å². The smallest absolute Gasteiger partial charge is 0.309 e. The zero-order valence-electron chi connectivity index (χ0n) is 12.1. The number of hydrogen-bond acceptors (Lipinski definition) is 2. The van der Waals surface area contributed by atoms with Gasteiger partial charge in [0.15, 0.2) is 0 Å². The van der Waals surface area contributed by atoms with E-state index in [9.17, 15) is 9.59 Å². The molecule has 110 valence electrons. The van der Waals surface area contributed by atoms with Gasteiger partial charge in [-0.3, -0.25) is 9.69 Å². The zero-order valence-corrected chi connectivity index (χ0v) is 12.1. The summed E-state index contributed by atoms with van der Waals surface area (Å²) in [6, 6.07) is 8.89. The van der Waals surface area contributed by atoms with Crippen LogP contribution in [-0.4, -0.2) is 34.3 Å². The van der Waals surface area contributed by atoms with E-state index in [1.165, 1.54) is 4.90 Å². The second kappa shape index (κ2) is 6.88. The molecule has 1 unspecified atom stereocenters. The van der Waals surface area contributed by atoms with Crippen LogP contribution in [0.1, 0.15) is 18.4 Å². The van der Waals surface area contributed by atoms with Gasteiger partial charge in [0.1, 0.15) is 6.04 Å². The third kappa shape index (κ3) is 3.21. The third-order valence-corrected chi connectivity index (χ3v) is 3.56. The largest absolute Gasteiger partial charge is 0.328 e. The van der Waals surface area contributed by atoms with Crippen LogP contribution in [0.15, 0.2) is 55.6 Å². The summed E-state index contributed by atoms with van der Waals surface area (Å²) in [4.78, 5) is 27.9. The first-order valence-corrected chi connectivity index (χ1v) is 7.06. The van der Waals surface area contributed by atoms with Crippen molar-refractivity contribution in [1.29, 1.82) is 0 Å². The van der Waals surface area contributed by atoms with Gasteiger partial charge in [0, 0.05) is 6.54 Å². The lowest BCUT2D eigenvalue weighted by Crippen LogP contribution is -2.35. The molecule has 1 fully saturated rings. The number of hydrogen-bond donors (Lipinski definition) is 0. The maximum atomic E-state index is 12.5. The topological polar surface area (TPSA) is 40.6 Å². The lowest BCUT2D eigenvalue weighted by molar-refractivity contribution is -0.128. The fraction of sp³-hybridized carbons (Fsp3) is 0.294. The summed E-state index contributed by atoms with van der Waals surface area (Å²) in [6.45, 7) is 8.04. The Labute approximate surface area is 125 Å². The Hall–Kier alpha value is -2.36. The highest BCUT2D eigenvalue weighted by Crippen LogP contribution is 2.23. The van der Waals surface area contributed by atoms with Gasteiger partial charge in [-0.25, -0.2) is 4.79 Å². The van der Waals surface area contributed by atoms with Crippen LogP contribution in [0.2, 0.25) is 0 Å². The summed E-state index contributed by atoms with van der Waals surface area (Å²) >= 11 is 0. The number of benzene rings is 1. The Morgan fingerprint density at radius 1 is 1.10 bits per heavy atom. The first-order valence-electron chi connectivity index (χ1n) is 7.06. The van der Waals surface area contributed by atoms with E-state index in [0.29, 0.717) is 25.9 Å². The second-order valence-corrected chi connectivity index (χ2v) is 5.02. The van der Waals surface area contributed by atoms with Gasteiger partial charge >= 0.3 is 6.03 Å². The van der Waals surface area contributed by atoms with Crippen LogP contribution in [0.3, 0.4) is 0 Å². The van der Waals surface area contributed by atoms with Crippen molar-refractivity contribution in [3.8, 4) is 0 Å². The fourth-order valence-electron chi connectivity index (χ4n) is 2.51. The molecule has 3 amide bonds. The van der Waals surface area contributed by atoms with Gasteiger partial charge in [-0.2, -0.15) is 0 Å². The molecule has 2 rings (SSSR count). The van der Waals surface area contributed by atoms with E-state index >= 15 is 0 Å². The summed E-state index contributed by atoms with van der Waals surface area (Å²) in [7, 11) is 0. The van der Waals surface area contributed by atoms with Gasteiger partial charge in [0.25, 0.3) is 5.91 Å². The van der Waals surface area contributed by atoms with Crippen LogP contribution in [0, 0.1) is 0 Å². The number of imide groups is 1. The summed E-state index contributed by atoms with van der Waals surface area (Å²) in [5.41, 5.74) is 0.946. The maximum Gasteiger partial charge on any atom is 0.328 e. The molecule has 1 saturated heterocycles. The predicted molar refractivity (Wildman–Crippen MR) is 82.5 cm³/mol. The number of amides is 3. The Morgan fingerprint density at radius 3 is 2.43 bits per heavy atom. The van der Waals surface area contributed by atoms with E-state index in [2.05, 4.69) is 13.2 Å². The van der Waals surface area contributed by atoms with E-state index in [1.54, 1.807) is 17.1 Å². The quantitative estimate of drug-likeness (QED) is 0.570. The van der Waals surface area contributed by atoms with Crippen molar-refractivity contribution in [3.63, 3.8) is 0 Å². The molecule has 1 aliphatic rings. The lowest BCUT2D eigenvalue weighted by atomic mass is 10.1. The van der Waals surface area contributed by atoms with Crippen LogP contribution in [-0.2, 0) is 11.3 Å². The van der Waals surface area contributed by atoms with Crippen molar-refractivity contribution in [2.45, 2.75) is 25.4 Å². The molecule has 0 aliphatic carbocycles. The molecule has 0 bridgehead atoms. The highest BCUT2D eigenvalue weighted by atomic mass is 16.2. The number of rotatable bonds is 7. The third-order valence-electron chi connectivity index (χ3n) is 3.56. The van der Waals surface area contributed by atoms with Crippen molar-refractivity contribution in [2.24, 2.45) is 0 Å². The van der Waals surface area contributed by atoms with Crippen molar-refractivity contribution >= 4 is 11.9 Å². The molecule has 0 spiro atoms. The Balaban J connectivity index is 2.18. The molecular weight excluding hydrogens is 264 g/mol. The average molecular weight is 284 g/mol. The molecule has 1 atom stereocenters. The molecule has 1 aromatic carbocycles. The molecular formula is C17H20N2O2. The monoisotopic (exact) mass is 284 g/mol. The van der Waals surface area contributed by atoms with Gasteiger partial charge in [-0.15, -0.1) is 13.2 Å². The summed E-state index contributed by atoms with van der Waals surface area (Å²) < 4.78 is 0. The molecule has 1 heterocycles. The molecule has 4 nitrogen and oxygen atoms in total. The first kappa shape index (κ1) is 15.0. The van der Waals surface area contributed by atoms with E-state index in [4.69, 9.17) is 0 Å². The second-order valence-electron chi connectivity index (χ2n) is 5.02. The number of urea groups is 1. The number of allylic oxidation sites excluding steroid dienone is 1. The molecule has 1 aromatic rings. The minimum absolute atomic E-state index is 0.132. The normalized spacial score (nSPS) is 18.2. The highest BCUT2D eigenvalue weighted by molar-refractivity contribution is 6.04. The average Bonchev–Trinajstić information content (AvgIpc) is 2.71. The van der Waals surface area contributed by atoms with Crippen molar-refractivity contribution < 1.29 is 9.59 Å². The molecule has 0 radical (unpaired) electrons. The van der Waals surface area contributed by atoms with Gasteiger partial charge in [-0.05, 0) is 18.4 Å². The Kier molecular flexibility index (Phi) is 4.93. The van der Waals surface area contributed by atoms with E-state index in [-0.39, 0.29) is 11.9 Å². The number of carbonyl (C=O) groups excluding carboxylic acids is 2. The Bertz CT molecular complexity index is 539. The SMILES string of the molecule is C=CCCC1C(=O)N(Cc2ccccc2)C(=O)N1CC=C. The zero-order chi connectivity index (χ0) is 15.2. The van der Waals surface area contributed by atoms with Crippen LogP contribution >= 0.6 is 0 Å². The van der Waals surface area contributed by atoms with Crippen LogP contribution in [0.25, 0.3) is 0 Å². The first-order chi connectivity index (χ1) is 10.2. The lowest BCUT2D eigenvalue weighted by Gasteiger charge is -2.19. The van der Waals surface area contributed by atoms with Crippen LogP contribution in [0.5, 0.6) is 0 Å². The van der Waals surface area contributed by atoms with Gasteiger partial charge < -0.3 is 4.90 Å². The van der Waals surface area contributed by atoms with Gasteiger partial charge in [0.2, 0.25) is 0 Å². The van der Waals surface area contributed by atoms with Crippen LogP contribution in [0.4, 0.5) is 4.79 Å². The van der Waals surface area contributed by atoms with Crippen LogP contribution < -0.4 is 0 Å². The molecule has 0 N–H and O–H groups in total. The number of nitrogens with zero attached hydrogens (tertiary/aromatic N) is 2. The van der Waals surface area contributed by atoms with E-state index < -0.39 is 6.04 Å². The molecule has 0 aromatic heterocycles. The number of carbonyl (C=O) groups is 2. The summed E-state index contributed by atoms with van der Waals surface area (Å²) in [5.74, 6) is -0.132. The maximum absolute atomic E-state index is 12.5. The van der Waals surface area contributed by atoms with Crippen molar-refractivity contribution in [1.82, 2.24) is 9.80 Å². The minimum Gasteiger partial charge on any atom is -0.309 e. The van der Waals surface area contributed by atoms with Gasteiger partial charge in [0.05, 0.1) is 6.54 Å². The fourth-order valence-corrected chi connectivity index (χ4v) is 2.51. The molecule has 1 aliphatic heterocycles. The summed E-state index contributed by atoms with van der Waals surface area (Å²) in [5, 5.41) is 0. The molecule has 21 heavy (non-hydrogen) atoms. The molecule has 0 saturated carbocycles. The minimum atomic E-state index is -0.405. The van der Waals surface area contributed by atoms with Crippen molar-refractivity contribution in [2.75, 3.05) is 6.54 Å². The summed E-state index contributed by atoms with van der Waals surface area (Å²) in [6.07, 6.45) is 4.73. The van der Waals surface area contributed by atoms with E-state index in [0.717, 1.165) is 5.56 Å². The Morgan fingerprint density at radius 2 is 1.81 bits per heavy atom.